The fourth-order valence-corrected chi connectivity index (χ4v) is 5.12. The first-order valence-corrected chi connectivity index (χ1v) is 12.4. The summed E-state index contributed by atoms with van der Waals surface area (Å²) in [5, 5.41) is 5.57. The third-order valence-electron chi connectivity index (χ3n) is 5.45. The summed E-state index contributed by atoms with van der Waals surface area (Å²) < 4.78 is 32.7. The minimum Gasteiger partial charge on any atom is -0.483 e. The third kappa shape index (κ3) is 6.27. The molecule has 0 aliphatic carbocycles. The van der Waals surface area contributed by atoms with Crippen molar-refractivity contribution in [3.8, 4) is 5.75 Å². The molecule has 0 unspecified atom stereocenters. The van der Waals surface area contributed by atoms with Crippen molar-refractivity contribution in [1.29, 1.82) is 0 Å². The van der Waals surface area contributed by atoms with Crippen molar-refractivity contribution in [2.24, 2.45) is 5.92 Å². The van der Waals surface area contributed by atoms with Crippen LogP contribution in [0.15, 0.2) is 47.4 Å². The molecule has 1 aliphatic heterocycles. The van der Waals surface area contributed by atoms with E-state index in [-0.39, 0.29) is 22.5 Å². The van der Waals surface area contributed by atoms with E-state index in [0.29, 0.717) is 30.4 Å². The summed E-state index contributed by atoms with van der Waals surface area (Å²) in [6.07, 6.45) is 1.75. The van der Waals surface area contributed by atoms with Gasteiger partial charge in [0.25, 0.3) is 5.91 Å². The van der Waals surface area contributed by atoms with Gasteiger partial charge in [-0.3, -0.25) is 10.1 Å². The quantitative estimate of drug-likeness (QED) is 0.621. The SMILES string of the molecule is Cc1ccc(C)c(OCC(=O)NC(=S)Nc2ccc(S(=O)(=O)N3CCC(C)CC3)cc2)c1. The maximum atomic E-state index is 12.8. The van der Waals surface area contributed by atoms with Crippen molar-refractivity contribution in [2.75, 3.05) is 25.0 Å². The number of benzene rings is 2. The molecule has 3 rings (SSSR count). The lowest BCUT2D eigenvalue weighted by molar-refractivity contribution is -0.121. The summed E-state index contributed by atoms with van der Waals surface area (Å²) in [4.78, 5) is 12.4. The van der Waals surface area contributed by atoms with Gasteiger partial charge in [0, 0.05) is 18.8 Å². The van der Waals surface area contributed by atoms with E-state index in [2.05, 4.69) is 17.6 Å². The fourth-order valence-electron chi connectivity index (χ4n) is 3.42. The Bertz CT molecular complexity index is 1080. The average Bonchev–Trinajstić information content (AvgIpc) is 2.75. The van der Waals surface area contributed by atoms with Crippen LogP contribution in [0.3, 0.4) is 0 Å². The van der Waals surface area contributed by atoms with Gasteiger partial charge in [-0.2, -0.15) is 4.31 Å². The molecule has 32 heavy (non-hydrogen) atoms. The number of aryl methyl sites for hydroxylation is 2. The molecule has 0 saturated carbocycles. The number of carbonyl (C=O) groups excluding carboxylic acids is 1. The highest BCUT2D eigenvalue weighted by molar-refractivity contribution is 7.89. The maximum Gasteiger partial charge on any atom is 0.264 e. The van der Waals surface area contributed by atoms with Crippen molar-refractivity contribution >= 4 is 38.9 Å². The number of thiocarbonyl (C=S) groups is 1. The summed E-state index contributed by atoms with van der Waals surface area (Å²) in [7, 11) is -3.50. The maximum absolute atomic E-state index is 12.8. The van der Waals surface area contributed by atoms with E-state index >= 15 is 0 Å². The lowest BCUT2D eigenvalue weighted by Crippen LogP contribution is -2.38. The minimum absolute atomic E-state index is 0.111. The number of nitrogens with zero attached hydrogens (tertiary/aromatic N) is 1. The number of piperidine rings is 1. The number of amides is 1. The first-order chi connectivity index (χ1) is 15.1. The largest absolute Gasteiger partial charge is 0.483 e. The number of hydrogen-bond acceptors (Lipinski definition) is 5. The van der Waals surface area contributed by atoms with E-state index in [1.54, 1.807) is 24.3 Å². The number of nitrogens with one attached hydrogen (secondary N) is 2. The van der Waals surface area contributed by atoms with Crippen LogP contribution < -0.4 is 15.4 Å². The predicted molar refractivity (Wildman–Crippen MR) is 129 cm³/mol. The number of carbonyl (C=O) groups is 1. The summed E-state index contributed by atoms with van der Waals surface area (Å²) in [5.41, 5.74) is 2.57. The molecular formula is C23H29N3O4S2. The Labute approximate surface area is 195 Å². The monoisotopic (exact) mass is 475 g/mol. The Kier molecular flexibility index (Phi) is 7.86. The molecule has 2 aromatic rings. The highest BCUT2D eigenvalue weighted by Crippen LogP contribution is 2.24. The molecule has 1 saturated heterocycles. The zero-order valence-electron chi connectivity index (χ0n) is 18.6. The number of sulfonamides is 1. The lowest BCUT2D eigenvalue weighted by Gasteiger charge is -2.29. The van der Waals surface area contributed by atoms with Crippen LogP contribution in [0.1, 0.15) is 30.9 Å². The van der Waals surface area contributed by atoms with Crippen LogP contribution in [-0.2, 0) is 14.8 Å². The van der Waals surface area contributed by atoms with Gasteiger partial charge in [-0.25, -0.2) is 8.42 Å². The smallest absolute Gasteiger partial charge is 0.264 e. The van der Waals surface area contributed by atoms with Crippen molar-refractivity contribution in [3.63, 3.8) is 0 Å². The average molecular weight is 476 g/mol. The molecule has 2 aromatic carbocycles. The molecule has 0 spiro atoms. The van der Waals surface area contributed by atoms with E-state index in [4.69, 9.17) is 17.0 Å². The van der Waals surface area contributed by atoms with Crippen LogP contribution in [-0.4, -0.2) is 43.4 Å². The molecule has 172 valence electrons. The predicted octanol–water partition coefficient (Wildman–Crippen LogP) is 3.62. The molecule has 9 heteroatoms. The zero-order chi connectivity index (χ0) is 23.3. The van der Waals surface area contributed by atoms with Gasteiger partial charge in [0.05, 0.1) is 4.90 Å². The van der Waals surface area contributed by atoms with E-state index < -0.39 is 10.0 Å². The Hall–Kier alpha value is -2.49. The number of anilines is 1. The highest BCUT2D eigenvalue weighted by Gasteiger charge is 2.27. The first kappa shape index (κ1) is 24.2. The molecule has 7 nitrogen and oxygen atoms in total. The second kappa shape index (κ2) is 10.4. The first-order valence-electron chi connectivity index (χ1n) is 10.6. The van der Waals surface area contributed by atoms with Crippen molar-refractivity contribution in [1.82, 2.24) is 9.62 Å². The van der Waals surface area contributed by atoms with Gasteiger partial charge in [-0.1, -0.05) is 19.1 Å². The van der Waals surface area contributed by atoms with Crippen LogP contribution in [0.4, 0.5) is 5.69 Å². The van der Waals surface area contributed by atoms with E-state index in [1.165, 1.54) is 4.31 Å². The summed E-state index contributed by atoms with van der Waals surface area (Å²) in [6.45, 7) is 6.93. The second-order valence-electron chi connectivity index (χ2n) is 8.17. The summed E-state index contributed by atoms with van der Waals surface area (Å²) >= 11 is 5.18. The Balaban J connectivity index is 1.52. The molecular weight excluding hydrogens is 446 g/mol. The third-order valence-corrected chi connectivity index (χ3v) is 7.56. The molecule has 1 fully saturated rings. The van der Waals surface area contributed by atoms with Crippen LogP contribution in [0, 0.1) is 19.8 Å². The van der Waals surface area contributed by atoms with E-state index in [1.807, 2.05) is 32.0 Å². The number of ether oxygens (including phenoxy) is 1. The molecule has 1 heterocycles. The van der Waals surface area contributed by atoms with Crippen molar-refractivity contribution < 1.29 is 17.9 Å². The molecule has 0 atom stereocenters. The van der Waals surface area contributed by atoms with Gasteiger partial charge in [0.2, 0.25) is 10.0 Å². The topological polar surface area (TPSA) is 87.7 Å². The molecule has 0 aromatic heterocycles. The molecule has 0 bridgehead atoms. The molecule has 0 radical (unpaired) electrons. The van der Waals surface area contributed by atoms with Crippen LogP contribution in [0.2, 0.25) is 0 Å². The fraction of sp³-hybridized carbons (Fsp3) is 0.391. The van der Waals surface area contributed by atoms with Crippen molar-refractivity contribution in [3.05, 3.63) is 53.6 Å². The normalized spacial score (nSPS) is 15.2. The molecule has 1 aliphatic rings. The molecule has 1 amide bonds. The van der Waals surface area contributed by atoms with Crippen LogP contribution >= 0.6 is 12.2 Å². The van der Waals surface area contributed by atoms with E-state index in [9.17, 15) is 13.2 Å². The van der Waals surface area contributed by atoms with Crippen LogP contribution in [0.25, 0.3) is 0 Å². The van der Waals surface area contributed by atoms with Crippen molar-refractivity contribution in [2.45, 2.75) is 38.5 Å². The van der Waals surface area contributed by atoms with Crippen LogP contribution in [0.5, 0.6) is 5.75 Å². The summed E-state index contributed by atoms with van der Waals surface area (Å²) in [6, 6.07) is 12.1. The Morgan fingerprint density at radius 1 is 1.12 bits per heavy atom. The minimum atomic E-state index is -3.50. The van der Waals surface area contributed by atoms with Gasteiger partial charge in [0.1, 0.15) is 5.75 Å². The van der Waals surface area contributed by atoms with Gasteiger partial charge in [-0.05, 0) is 86.3 Å². The number of rotatable bonds is 6. The highest BCUT2D eigenvalue weighted by atomic mass is 32.2. The second-order valence-corrected chi connectivity index (χ2v) is 10.5. The zero-order valence-corrected chi connectivity index (χ0v) is 20.2. The summed E-state index contributed by atoms with van der Waals surface area (Å²) in [5.74, 6) is 0.816. The van der Waals surface area contributed by atoms with E-state index in [0.717, 1.165) is 24.0 Å². The lowest BCUT2D eigenvalue weighted by atomic mass is 10.0. The number of hydrogen-bond donors (Lipinski definition) is 2. The van der Waals surface area contributed by atoms with Gasteiger partial charge >= 0.3 is 0 Å². The van der Waals surface area contributed by atoms with Gasteiger partial charge in [-0.15, -0.1) is 0 Å². The Morgan fingerprint density at radius 3 is 2.44 bits per heavy atom. The van der Waals surface area contributed by atoms with Gasteiger partial charge < -0.3 is 10.1 Å². The van der Waals surface area contributed by atoms with Gasteiger partial charge in [0.15, 0.2) is 11.7 Å². The molecule has 2 N–H and O–H groups in total. The Morgan fingerprint density at radius 2 is 1.78 bits per heavy atom. The standard InChI is InChI=1S/C23H29N3O4S2/c1-16-10-12-26(13-11-16)32(28,29)20-8-6-19(7-9-20)24-23(31)25-22(27)15-30-21-14-17(2)4-5-18(21)3/h4-9,14,16H,10-13,15H2,1-3H3,(H2,24,25,27,31).